The van der Waals surface area contributed by atoms with E-state index in [1.165, 1.54) is 11.4 Å². The summed E-state index contributed by atoms with van der Waals surface area (Å²) in [5.74, 6) is 0.594. The molecule has 0 aliphatic heterocycles. The minimum atomic E-state index is -3.62. The van der Waals surface area contributed by atoms with E-state index in [1.807, 2.05) is 6.92 Å². The Morgan fingerprint density at radius 3 is 2.52 bits per heavy atom. The van der Waals surface area contributed by atoms with E-state index in [4.69, 9.17) is 5.73 Å². The largest absolute Gasteiger partial charge is 0.398 e. The Balaban J connectivity index is 2.47. The highest BCUT2D eigenvalue weighted by Crippen LogP contribution is 2.30. The molecule has 2 aromatic rings. The van der Waals surface area contributed by atoms with Gasteiger partial charge in [0, 0.05) is 25.1 Å². The highest BCUT2D eigenvalue weighted by Gasteiger charge is 2.27. The van der Waals surface area contributed by atoms with Crippen LogP contribution in [0.25, 0.3) is 0 Å². The summed E-state index contributed by atoms with van der Waals surface area (Å²) in [6.45, 7) is 5.58. The molecule has 0 radical (unpaired) electrons. The molecule has 6 nitrogen and oxygen atoms in total. The predicted octanol–water partition coefficient (Wildman–Crippen LogP) is 1.74. The Kier molecular flexibility index (Phi) is 4.06. The van der Waals surface area contributed by atoms with Gasteiger partial charge in [0.15, 0.2) is 0 Å². The van der Waals surface area contributed by atoms with Crippen LogP contribution in [0.5, 0.6) is 0 Å². The van der Waals surface area contributed by atoms with Gasteiger partial charge in [-0.3, -0.25) is 0 Å². The number of nitrogens with zero attached hydrogens (tertiary/aromatic N) is 2. The first-order valence-corrected chi connectivity index (χ1v) is 8.00. The lowest BCUT2D eigenvalue weighted by molar-refractivity contribution is 0.457. The molecule has 0 saturated carbocycles. The van der Waals surface area contributed by atoms with E-state index >= 15 is 0 Å². The van der Waals surface area contributed by atoms with E-state index < -0.39 is 10.0 Å². The van der Waals surface area contributed by atoms with Gasteiger partial charge in [-0.05, 0) is 37.5 Å². The third-order valence-corrected chi connectivity index (χ3v) is 5.65. The van der Waals surface area contributed by atoms with Gasteiger partial charge in [0.1, 0.15) is 5.82 Å². The van der Waals surface area contributed by atoms with Gasteiger partial charge in [0.2, 0.25) is 10.0 Å². The zero-order valence-corrected chi connectivity index (χ0v) is 13.5. The van der Waals surface area contributed by atoms with Crippen molar-refractivity contribution in [1.29, 1.82) is 0 Å². The highest BCUT2D eigenvalue weighted by molar-refractivity contribution is 7.89. The summed E-state index contributed by atoms with van der Waals surface area (Å²) in [5.41, 5.74) is 8.68. The number of aromatic nitrogens is 2. The number of H-pyrrole nitrogens is 1. The molecule has 7 heteroatoms. The predicted molar refractivity (Wildman–Crippen MR) is 82.3 cm³/mol. The summed E-state index contributed by atoms with van der Waals surface area (Å²) in [4.78, 5) is 7.23. The molecular formula is C14H20N4O2S. The SMILES string of the molecule is Cc1cc(C)c(S(=O)(=O)N(C)Cc2ncc[nH]2)c(C)c1N. The molecule has 2 rings (SSSR count). The van der Waals surface area contributed by atoms with E-state index in [0.29, 0.717) is 22.6 Å². The number of hydrogen-bond donors (Lipinski definition) is 2. The van der Waals surface area contributed by atoms with Gasteiger partial charge in [0.05, 0.1) is 11.4 Å². The van der Waals surface area contributed by atoms with Crippen molar-refractivity contribution in [2.45, 2.75) is 32.2 Å². The average molecular weight is 308 g/mol. The Morgan fingerprint density at radius 1 is 1.29 bits per heavy atom. The molecule has 21 heavy (non-hydrogen) atoms. The normalized spacial score (nSPS) is 12.0. The lowest BCUT2D eigenvalue weighted by Crippen LogP contribution is -2.28. The molecular weight excluding hydrogens is 288 g/mol. The average Bonchev–Trinajstić information content (AvgIpc) is 2.88. The molecule has 0 spiro atoms. The summed E-state index contributed by atoms with van der Waals surface area (Å²) in [5, 5.41) is 0. The Bertz CT molecular complexity index is 752. The van der Waals surface area contributed by atoms with Gasteiger partial charge in [-0.2, -0.15) is 4.31 Å². The molecule has 0 fully saturated rings. The molecule has 0 amide bonds. The molecule has 114 valence electrons. The monoisotopic (exact) mass is 308 g/mol. The van der Waals surface area contributed by atoms with E-state index in [0.717, 1.165) is 5.56 Å². The zero-order chi connectivity index (χ0) is 15.8. The van der Waals surface area contributed by atoms with Crippen molar-refractivity contribution in [3.8, 4) is 0 Å². The van der Waals surface area contributed by atoms with Crippen molar-refractivity contribution >= 4 is 15.7 Å². The number of imidazole rings is 1. The maximum Gasteiger partial charge on any atom is 0.243 e. The fourth-order valence-electron chi connectivity index (χ4n) is 2.41. The van der Waals surface area contributed by atoms with Crippen LogP contribution in [0, 0.1) is 20.8 Å². The van der Waals surface area contributed by atoms with E-state index in [9.17, 15) is 8.42 Å². The van der Waals surface area contributed by atoms with Crippen molar-refractivity contribution in [1.82, 2.24) is 14.3 Å². The lowest BCUT2D eigenvalue weighted by Gasteiger charge is -2.21. The molecule has 0 bridgehead atoms. The summed E-state index contributed by atoms with van der Waals surface area (Å²) >= 11 is 0. The van der Waals surface area contributed by atoms with E-state index in [1.54, 1.807) is 32.3 Å². The Labute approximate surface area is 125 Å². The van der Waals surface area contributed by atoms with Gasteiger partial charge >= 0.3 is 0 Å². The summed E-state index contributed by atoms with van der Waals surface area (Å²) < 4.78 is 26.9. The first kappa shape index (κ1) is 15.5. The molecule has 0 aliphatic rings. The molecule has 1 aromatic carbocycles. The van der Waals surface area contributed by atoms with Gasteiger partial charge in [0.25, 0.3) is 0 Å². The van der Waals surface area contributed by atoms with Crippen LogP contribution >= 0.6 is 0 Å². The summed E-state index contributed by atoms with van der Waals surface area (Å²) in [6, 6.07) is 1.80. The molecule has 0 atom stereocenters. The number of nitrogens with two attached hydrogens (primary N) is 1. The maximum atomic E-state index is 12.8. The molecule has 3 N–H and O–H groups in total. The lowest BCUT2D eigenvalue weighted by atomic mass is 10.1. The van der Waals surface area contributed by atoms with Crippen LogP contribution in [0.2, 0.25) is 0 Å². The minimum absolute atomic E-state index is 0.183. The minimum Gasteiger partial charge on any atom is -0.398 e. The molecule has 0 saturated heterocycles. The number of rotatable bonds is 4. The van der Waals surface area contributed by atoms with Crippen LogP contribution in [-0.4, -0.2) is 29.7 Å². The van der Waals surface area contributed by atoms with E-state index in [2.05, 4.69) is 9.97 Å². The van der Waals surface area contributed by atoms with Gasteiger partial charge < -0.3 is 10.7 Å². The van der Waals surface area contributed by atoms with Crippen molar-refractivity contribution in [3.05, 3.63) is 41.0 Å². The molecule has 1 aromatic heterocycles. The van der Waals surface area contributed by atoms with Crippen LogP contribution in [0.1, 0.15) is 22.5 Å². The number of nitrogen functional groups attached to an aromatic ring is 1. The zero-order valence-electron chi connectivity index (χ0n) is 12.6. The third-order valence-electron chi connectivity index (χ3n) is 3.56. The Morgan fingerprint density at radius 2 is 1.95 bits per heavy atom. The number of sulfonamides is 1. The second-order valence-electron chi connectivity index (χ2n) is 5.18. The van der Waals surface area contributed by atoms with Gasteiger partial charge in [-0.15, -0.1) is 0 Å². The van der Waals surface area contributed by atoms with Crippen molar-refractivity contribution in [2.75, 3.05) is 12.8 Å². The van der Waals surface area contributed by atoms with Crippen molar-refractivity contribution in [2.24, 2.45) is 0 Å². The number of anilines is 1. The highest BCUT2D eigenvalue weighted by atomic mass is 32.2. The third kappa shape index (κ3) is 2.79. The van der Waals surface area contributed by atoms with Crippen molar-refractivity contribution < 1.29 is 8.42 Å². The quantitative estimate of drug-likeness (QED) is 0.841. The van der Waals surface area contributed by atoms with Crippen molar-refractivity contribution in [3.63, 3.8) is 0 Å². The van der Waals surface area contributed by atoms with Crippen LogP contribution in [-0.2, 0) is 16.6 Å². The Hall–Kier alpha value is -1.86. The smallest absolute Gasteiger partial charge is 0.243 e. The topological polar surface area (TPSA) is 92.1 Å². The van der Waals surface area contributed by atoms with Gasteiger partial charge in [-0.25, -0.2) is 13.4 Å². The fourth-order valence-corrected chi connectivity index (χ4v) is 3.98. The van der Waals surface area contributed by atoms with Crippen LogP contribution in [0.15, 0.2) is 23.4 Å². The van der Waals surface area contributed by atoms with E-state index in [-0.39, 0.29) is 11.4 Å². The standard InChI is InChI=1S/C14H20N4O2S/c1-9-7-10(2)14(11(3)13(9)15)21(19,20)18(4)8-12-16-5-6-17-12/h5-7H,8,15H2,1-4H3,(H,16,17). The van der Waals surface area contributed by atoms with Crippen LogP contribution < -0.4 is 5.73 Å². The molecule has 0 unspecified atom stereocenters. The number of nitrogens with one attached hydrogen (secondary N) is 1. The second kappa shape index (κ2) is 5.50. The summed E-state index contributed by atoms with van der Waals surface area (Å²) in [7, 11) is -2.09. The maximum absolute atomic E-state index is 12.8. The first-order chi connectivity index (χ1) is 9.75. The number of aromatic amines is 1. The van der Waals surface area contributed by atoms with Crippen LogP contribution in [0.4, 0.5) is 5.69 Å². The fraction of sp³-hybridized carbons (Fsp3) is 0.357. The summed E-state index contributed by atoms with van der Waals surface area (Å²) in [6.07, 6.45) is 3.26. The van der Waals surface area contributed by atoms with Gasteiger partial charge in [-0.1, -0.05) is 6.07 Å². The number of hydrogen-bond acceptors (Lipinski definition) is 4. The molecule has 0 aliphatic carbocycles. The van der Waals surface area contributed by atoms with Crippen LogP contribution in [0.3, 0.4) is 0 Å². The molecule has 1 heterocycles. The number of aryl methyl sites for hydroxylation is 2. The number of benzene rings is 1. The first-order valence-electron chi connectivity index (χ1n) is 6.56. The second-order valence-corrected chi connectivity index (χ2v) is 7.16.